The molecule has 0 saturated carbocycles. The van der Waals surface area contributed by atoms with Crippen LogP contribution in [0.2, 0.25) is 0 Å². The molecular formula is C18H24N2O2. The van der Waals surface area contributed by atoms with Gasteiger partial charge in [-0.05, 0) is 37.0 Å². The molecule has 1 N–H and O–H groups in total. The number of carbonyl (C=O) groups excluding carboxylic acids is 1. The van der Waals surface area contributed by atoms with E-state index in [-0.39, 0.29) is 11.9 Å². The van der Waals surface area contributed by atoms with Crippen LogP contribution in [-0.2, 0) is 11.3 Å². The van der Waals surface area contributed by atoms with Crippen molar-refractivity contribution in [2.24, 2.45) is 5.92 Å². The fraction of sp³-hybridized carbons (Fsp3) is 0.500. The van der Waals surface area contributed by atoms with E-state index in [9.17, 15) is 4.79 Å². The van der Waals surface area contributed by atoms with Gasteiger partial charge in [0, 0.05) is 25.0 Å². The van der Waals surface area contributed by atoms with E-state index in [1.165, 1.54) is 0 Å². The van der Waals surface area contributed by atoms with Crippen molar-refractivity contribution < 1.29 is 9.53 Å². The largest absolute Gasteiger partial charge is 0.497 e. The van der Waals surface area contributed by atoms with E-state index in [0.717, 1.165) is 37.1 Å². The zero-order valence-electron chi connectivity index (χ0n) is 13.1. The van der Waals surface area contributed by atoms with Gasteiger partial charge in [-0.15, -0.1) is 6.58 Å². The van der Waals surface area contributed by atoms with Gasteiger partial charge in [-0.3, -0.25) is 4.79 Å². The number of ether oxygens (including phenoxy) is 1. The second-order valence-electron chi connectivity index (χ2n) is 6.22. The first-order chi connectivity index (χ1) is 10.7. The summed E-state index contributed by atoms with van der Waals surface area (Å²) in [6.45, 7) is 5.37. The first kappa shape index (κ1) is 15.1. The topological polar surface area (TPSA) is 41.6 Å². The minimum atomic E-state index is -0.0260. The predicted octanol–water partition coefficient (Wildman–Crippen LogP) is 2.35. The van der Waals surface area contributed by atoms with Gasteiger partial charge < -0.3 is 15.0 Å². The van der Waals surface area contributed by atoms with Gasteiger partial charge in [-0.2, -0.15) is 0 Å². The number of hydrogen-bond acceptors (Lipinski definition) is 3. The highest BCUT2D eigenvalue weighted by molar-refractivity contribution is 5.82. The Morgan fingerprint density at radius 1 is 1.36 bits per heavy atom. The molecule has 2 aliphatic rings. The van der Waals surface area contributed by atoms with Gasteiger partial charge in [0.1, 0.15) is 5.75 Å². The SMILES string of the molecule is C=C[C@H]1CN(Cc2ccc(OC)cc2)C(=O)C2CCCC1N2. The molecule has 0 aromatic heterocycles. The quantitative estimate of drug-likeness (QED) is 0.868. The molecule has 2 saturated heterocycles. The number of methoxy groups -OCH3 is 1. The molecule has 3 rings (SSSR count). The number of fused-ring (bicyclic) bond motifs is 2. The summed E-state index contributed by atoms with van der Waals surface area (Å²) in [5.74, 6) is 1.39. The summed E-state index contributed by atoms with van der Waals surface area (Å²) in [6, 6.07) is 8.31. The Hall–Kier alpha value is -1.81. The molecule has 2 bridgehead atoms. The van der Waals surface area contributed by atoms with Gasteiger partial charge in [0.2, 0.25) is 5.91 Å². The Morgan fingerprint density at radius 2 is 2.14 bits per heavy atom. The van der Waals surface area contributed by atoms with E-state index in [1.807, 2.05) is 35.2 Å². The van der Waals surface area contributed by atoms with E-state index in [1.54, 1.807) is 7.11 Å². The fourth-order valence-electron chi connectivity index (χ4n) is 3.52. The molecule has 1 aromatic rings. The summed E-state index contributed by atoms with van der Waals surface area (Å²) in [7, 11) is 1.66. The molecule has 0 aliphatic carbocycles. The van der Waals surface area contributed by atoms with E-state index < -0.39 is 0 Å². The van der Waals surface area contributed by atoms with Gasteiger partial charge in [0.05, 0.1) is 13.2 Å². The predicted molar refractivity (Wildman–Crippen MR) is 86.7 cm³/mol. The summed E-state index contributed by atoms with van der Waals surface area (Å²) in [5, 5.41) is 3.52. The third-order valence-corrected chi connectivity index (χ3v) is 4.82. The average Bonchev–Trinajstić information content (AvgIpc) is 2.65. The van der Waals surface area contributed by atoms with Gasteiger partial charge >= 0.3 is 0 Å². The average molecular weight is 300 g/mol. The minimum absolute atomic E-state index is 0.0260. The number of benzene rings is 1. The van der Waals surface area contributed by atoms with Gasteiger partial charge in [-0.1, -0.05) is 18.2 Å². The molecule has 4 nitrogen and oxygen atoms in total. The van der Waals surface area contributed by atoms with Crippen molar-refractivity contribution in [2.45, 2.75) is 37.9 Å². The zero-order chi connectivity index (χ0) is 15.5. The van der Waals surface area contributed by atoms with Crippen LogP contribution in [0.1, 0.15) is 24.8 Å². The van der Waals surface area contributed by atoms with Crippen molar-refractivity contribution in [3.05, 3.63) is 42.5 Å². The number of rotatable bonds is 4. The number of carbonyl (C=O) groups is 1. The van der Waals surface area contributed by atoms with E-state index in [0.29, 0.717) is 18.5 Å². The standard InChI is InChI=1S/C18H24N2O2/c1-3-14-12-20(11-13-7-9-15(22-2)10-8-13)18(21)17-6-4-5-16(14)19-17/h3,7-10,14,16-17,19H,1,4-6,11-12H2,2H3/t14-,16?,17?/m0/s1. The third-order valence-electron chi connectivity index (χ3n) is 4.82. The molecule has 2 unspecified atom stereocenters. The fourth-order valence-corrected chi connectivity index (χ4v) is 3.52. The molecule has 2 heterocycles. The Balaban J connectivity index is 1.78. The normalized spacial score (nSPS) is 28.1. The lowest BCUT2D eigenvalue weighted by Crippen LogP contribution is -2.48. The van der Waals surface area contributed by atoms with Crippen LogP contribution in [0.3, 0.4) is 0 Å². The van der Waals surface area contributed by atoms with Crippen molar-refractivity contribution >= 4 is 5.91 Å². The molecule has 2 aliphatic heterocycles. The molecule has 0 spiro atoms. The summed E-state index contributed by atoms with van der Waals surface area (Å²) in [6.07, 6.45) is 5.20. The minimum Gasteiger partial charge on any atom is -0.497 e. The van der Waals surface area contributed by atoms with Crippen LogP contribution >= 0.6 is 0 Å². The molecule has 1 amide bonds. The molecule has 2 fully saturated rings. The van der Waals surface area contributed by atoms with Crippen molar-refractivity contribution in [1.29, 1.82) is 0 Å². The van der Waals surface area contributed by atoms with Crippen LogP contribution < -0.4 is 10.1 Å². The van der Waals surface area contributed by atoms with E-state index in [2.05, 4.69) is 11.9 Å². The Morgan fingerprint density at radius 3 is 2.82 bits per heavy atom. The molecular weight excluding hydrogens is 276 g/mol. The first-order valence-electron chi connectivity index (χ1n) is 8.01. The van der Waals surface area contributed by atoms with E-state index >= 15 is 0 Å². The monoisotopic (exact) mass is 300 g/mol. The van der Waals surface area contributed by atoms with Crippen molar-refractivity contribution in [3.63, 3.8) is 0 Å². The molecule has 4 heteroatoms. The Kier molecular flexibility index (Phi) is 4.48. The molecule has 118 valence electrons. The van der Waals surface area contributed by atoms with Crippen molar-refractivity contribution in [2.75, 3.05) is 13.7 Å². The second-order valence-corrected chi connectivity index (χ2v) is 6.22. The molecule has 0 radical (unpaired) electrons. The zero-order valence-corrected chi connectivity index (χ0v) is 13.1. The van der Waals surface area contributed by atoms with Crippen molar-refractivity contribution in [1.82, 2.24) is 10.2 Å². The van der Waals surface area contributed by atoms with Crippen LogP contribution in [0.25, 0.3) is 0 Å². The smallest absolute Gasteiger partial charge is 0.240 e. The summed E-state index contributed by atoms with van der Waals surface area (Å²) >= 11 is 0. The lowest BCUT2D eigenvalue weighted by Gasteiger charge is -2.29. The van der Waals surface area contributed by atoms with Crippen LogP contribution in [0.5, 0.6) is 5.75 Å². The summed E-state index contributed by atoms with van der Waals surface area (Å²) < 4.78 is 5.19. The van der Waals surface area contributed by atoms with Gasteiger partial charge in [0.25, 0.3) is 0 Å². The highest BCUT2D eigenvalue weighted by Gasteiger charge is 2.37. The highest BCUT2D eigenvalue weighted by atomic mass is 16.5. The van der Waals surface area contributed by atoms with Crippen LogP contribution in [0.15, 0.2) is 36.9 Å². The van der Waals surface area contributed by atoms with E-state index in [4.69, 9.17) is 4.74 Å². The highest BCUT2D eigenvalue weighted by Crippen LogP contribution is 2.26. The number of nitrogens with one attached hydrogen (secondary N) is 1. The Bertz CT molecular complexity index is 541. The number of piperidine rings is 1. The van der Waals surface area contributed by atoms with Crippen LogP contribution in [0, 0.1) is 5.92 Å². The lowest BCUT2D eigenvalue weighted by molar-refractivity contribution is -0.133. The van der Waals surface area contributed by atoms with Gasteiger partial charge in [0.15, 0.2) is 0 Å². The number of amides is 1. The third kappa shape index (κ3) is 3.02. The number of hydrogen-bond donors (Lipinski definition) is 1. The summed E-state index contributed by atoms with van der Waals surface area (Å²) in [4.78, 5) is 14.7. The maximum absolute atomic E-state index is 12.7. The number of nitrogens with zero attached hydrogens (tertiary/aromatic N) is 1. The Labute approximate surface area is 132 Å². The molecule has 1 aromatic carbocycles. The second kappa shape index (κ2) is 6.53. The maximum atomic E-state index is 12.7. The van der Waals surface area contributed by atoms with Gasteiger partial charge in [-0.25, -0.2) is 0 Å². The molecule has 22 heavy (non-hydrogen) atoms. The molecule has 3 atom stereocenters. The lowest BCUT2D eigenvalue weighted by atomic mass is 9.91. The van der Waals surface area contributed by atoms with Crippen molar-refractivity contribution in [3.8, 4) is 5.75 Å². The first-order valence-corrected chi connectivity index (χ1v) is 8.01. The van der Waals surface area contributed by atoms with Crippen LogP contribution in [0.4, 0.5) is 0 Å². The maximum Gasteiger partial charge on any atom is 0.240 e. The van der Waals surface area contributed by atoms with Crippen LogP contribution in [-0.4, -0.2) is 36.5 Å². The summed E-state index contributed by atoms with van der Waals surface area (Å²) in [5.41, 5.74) is 1.13.